The van der Waals surface area contributed by atoms with E-state index >= 15 is 0 Å². The number of hydrogen-bond acceptors (Lipinski definition) is 8. The average Bonchev–Trinajstić information content (AvgIpc) is 3.66. The minimum Gasteiger partial charge on any atom is -0.471 e. The minimum absolute atomic E-state index is 0.189. The first-order chi connectivity index (χ1) is 18.4. The van der Waals surface area contributed by atoms with Crippen molar-refractivity contribution < 1.29 is 14.3 Å². The van der Waals surface area contributed by atoms with Crippen LogP contribution in [0.1, 0.15) is 64.8 Å². The van der Waals surface area contributed by atoms with Crippen LogP contribution >= 0.6 is 0 Å². The molecule has 194 valence electrons. The highest BCUT2D eigenvalue weighted by Gasteiger charge is 2.25. The molecule has 0 amide bonds. The number of fused-ring (bicyclic) bond motifs is 1. The van der Waals surface area contributed by atoms with E-state index in [1.807, 2.05) is 43.5 Å². The Morgan fingerprint density at radius 2 is 1.95 bits per heavy atom. The van der Waals surface area contributed by atoms with Crippen LogP contribution in [0.15, 0.2) is 43.0 Å². The molecule has 0 radical (unpaired) electrons. The Hall–Kier alpha value is -4.45. The largest absolute Gasteiger partial charge is 0.471 e. The number of anilines is 1. The molecule has 4 aromatic rings. The van der Waals surface area contributed by atoms with Crippen LogP contribution in [-0.2, 0) is 29.1 Å². The van der Waals surface area contributed by atoms with E-state index in [0.717, 1.165) is 33.6 Å². The molecule has 0 aliphatic heterocycles. The van der Waals surface area contributed by atoms with Gasteiger partial charge in [0.05, 0.1) is 30.4 Å². The van der Waals surface area contributed by atoms with E-state index in [1.54, 1.807) is 6.07 Å². The second-order valence-corrected chi connectivity index (χ2v) is 9.60. The molecule has 0 spiro atoms. The maximum Gasteiger partial charge on any atom is 0.310 e. The fourth-order valence-corrected chi connectivity index (χ4v) is 4.63. The molecule has 3 heterocycles. The van der Waals surface area contributed by atoms with E-state index in [9.17, 15) is 10.1 Å². The summed E-state index contributed by atoms with van der Waals surface area (Å²) in [6.45, 7) is 6.96. The SMILES string of the molecule is CCOC(=O)Cc1cc(C2CC2)cn2cc(COc3cc(NCc4c(C)cc(C#N)cc4C)ncn3)nc12. The summed E-state index contributed by atoms with van der Waals surface area (Å²) < 4.78 is 13.1. The molecule has 1 fully saturated rings. The standard InChI is InChI=1S/C29H30N6O3/c1-4-37-28(36)10-22-9-23(21-5-6-21)14-35-15-24(34-29(22)35)16-38-27-11-26(32-17-33-27)31-13-25-18(2)7-20(12-30)8-19(25)3/h7-9,11,14-15,17,21H,4-6,10,13,16H2,1-3H3,(H,31,32,33). The number of nitrogens with one attached hydrogen (secondary N) is 1. The Labute approximate surface area is 221 Å². The number of pyridine rings is 1. The Balaban J connectivity index is 1.28. The van der Waals surface area contributed by atoms with Crippen LogP contribution in [-0.4, -0.2) is 31.9 Å². The number of rotatable bonds is 10. The molecular weight excluding hydrogens is 480 g/mol. The summed E-state index contributed by atoms with van der Waals surface area (Å²) in [5.41, 5.74) is 7.45. The van der Waals surface area contributed by atoms with E-state index < -0.39 is 0 Å². The summed E-state index contributed by atoms with van der Waals surface area (Å²) >= 11 is 0. The van der Waals surface area contributed by atoms with Crippen molar-refractivity contribution in [2.24, 2.45) is 0 Å². The molecule has 1 aliphatic carbocycles. The van der Waals surface area contributed by atoms with Gasteiger partial charge in [-0.2, -0.15) is 5.26 Å². The predicted molar refractivity (Wildman–Crippen MR) is 142 cm³/mol. The van der Waals surface area contributed by atoms with E-state index in [2.05, 4.69) is 33.6 Å². The molecule has 38 heavy (non-hydrogen) atoms. The summed E-state index contributed by atoms with van der Waals surface area (Å²) in [5, 5.41) is 12.5. The third-order valence-corrected chi connectivity index (χ3v) is 6.67. The molecule has 0 saturated heterocycles. The van der Waals surface area contributed by atoms with Gasteiger partial charge in [0.1, 0.15) is 24.4 Å². The number of hydrogen-bond donors (Lipinski definition) is 1. The average molecular weight is 511 g/mol. The lowest BCUT2D eigenvalue weighted by Gasteiger charge is -2.12. The van der Waals surface area contributed by atoms with Crippen molar-refractivity contribution >= 4 is 17.4 Å². The number of carbonyl (C=O) groups excluding carboxylic acids is 1. The lowest BCUT2D eigenvalue weighted by molar-refractivity contribution is -0.142. The first kappa shape index (κ1) is 25.2. The summed E-state index contributed by atoms with van der Waals surface area (Å²) in [4.78, 5) is 25.5. The second kappa shape index (κ2) is 10.9. The lowest BCUT2D eigenvalue weighted by Crippen LogP contribution is -2.09. The van der Waals surface area contributed by atoms with Gasteiger partial charge in [-0.15, -0.1) is 0 Å². The number of aromatic nitrogens is 4. The van der Waals surface area contributed by atoms with Crippen molar-refractivity contribution in [2.45, 2.75) is 59.1 Å². The van der Waals surface area contributed by atoms with Crippen molar-refractivity contribution in [1.82, 2.24) is 19.4 Å². The van der Waals surface area contributed by atoms with Gasteiger partial charge in [-0.1, -0.05) is 0 Å². The topological polar surface area (TPSA) is 114 Å². The minimum atomic E-state index is -0.254. The Kier molecular flexibility index (Phi) is 7.22. The molecule has 1 aromatic carbocycles. The molecule has 0 unspecified atom stereocenters. The zero-order valence-electron chi connectivity index (χ0n) is 21.8. The number of esters is 1. The van der Waals surface area contributed by atoms with Gasteiger partial charge in [0.25, 0.3) is 0 Å². The maximum absolute atomic E-state index is 12.2. The van der Waals surface area contributed by atoms with Crippen molar-refractivity contribution in [2.75, 3.05) is 11.9 Å². The number of nitrogens with zero attached hydrogens (tertiary/aromatic N) is 5. The third-order valence-electron chi connectivity index (χ3n) is 6.67. The smallest absolute Gasteiger partial charge is 0.310 e. The highest BCUT2D eigenvalue weighted by Crippen LogP contribution is 2.40. The van der Waals surface area contributed by atoms with Crippen molar-refractivity contribution in [1.29, 1.82) is 5.26 Å². The maximum atomic E-state index is 12.2. The van der Waals surface area contributed by atoms with Crippen LogP contribution in [0.3, 0.4) is 0 Å². The van der Waals surface area contributed by atoms with Gasteiger partial charge in [-0.3, -0.25) is 4.79 Å². The first-order valence-electron chi connectivity index (χ1n) is 12.8. The van der Waals surface area contributed by atoms with E-state index in [-0.39, 0.29) is 19.0 Å². The number of carbonyl (C=O) groups is 1. The lowest BCUT2D eigenvalue weighted by atomic mass is 10.00. The summed E-state index contributed by atoms with van der Waals surface area (Å²) in [6, 6.07) is 9.81. The first-order valence-corrected chi connectivity index (χ1v) is 12.8. The zero-order chi connectivity index (χ0) is 26.6. The molecule has 5 rings (SSSR count). The molecule has 0 atom stereocenters. The summed E-state index contributed by atoms with van der Waals surface area (Å²) in [6.07, 6.45) is 8.02. The van der Waals surface area contributed by atoms with Crippen LogP contribution in [0.2, 0.25) is 0 Å². The van der Waals surface area contributed by atoms with Crippen LogP contribution in [0, 0.1) is 25.2 Å². The van der Waals surface area contributed by atoms with Gasteiger partial charge in [0.15, 0.2) is 0 Å². The van der Waals surface area contributed by atoms with E-state index in [0.29, 0.717) is 36.3 Å². The highest BCUT2D eigenvalue weighted by molar-refractivity contribution is 5.75. The number of imidazole rings is 1. The van der Waals surface area contributed by atoms with Gasteiger partial charge in [-0.25, -0.2) is 15.0 Å². The number of ether oxygens (including phenoxy) is 2. The summed E-state index contributed by atoms with van der Waals surface area (Å²) in [5.74, 6) is 1.36. The molecule has 1 N–H and O–H groups in total. The van der Waals surface area contributed by atoms with E-state index in [4.69, 9.17) is 14.5 Å². The van der Waals surface area contributed by atoms with Gasteiger partial charge >= 0.3 is 5.97 Å². The van der Waals surface area contributed by atoms with Crippen LogP contribution < -0.4 is 10.1 Å². The number of aryl methyl sites for hydroxylation is 2. The van der Waals surface area contributed by atoms with Gasteiger partial charge in [-0.05, 0) is 80.0 Å². The van der Waals surface area contributed by atoms with Gasteiger partial charge < -0.3 is 19.2 Å². The number of benzene rings is 1. The fraction of sp³-hybridized carbons (Fsp3) is 0.345. The van der Waals surface area contributed by atoms with Gasteiger partial charge in [0.2, 0.25) is 5.88 Å². The van der Waals surface area contributed by atoms with E-state index in [1.165, 1.54) is 24.7 Å². The molecule has 9 heteroatoms. The summed E-state index contributed by atoms with van der Waals surface area (Å²) in [7, 11) is 0. The normalized spacial score (nSPS) is 12.8. The van der Waals surface area contributed by atoms with Crippen molar-refractivity contribution in [3.05, 3.63) is 82.1 Å². The van der Waals surface area contributed by atoms with Crippen LogP contribution in [0.25, 0.3) is 5.65 Å². The van der Waals surface area contributed by atoms with Crippen LogP contribution in [0.5, 0.6) is 5.88 Å². The molecule has 3 aromatic heterocycles. The van der Waals surface area contributed by atoms with Crippen molar-refractivity contribution in [3.63, 3.8) is 0 Å². The molecule has 1 aliphatic rings. The predicted octanol–water partition coefficient (Wildman–Crippen LogP) is 4.79. The monoisotopic (exact) mass is 510 g/mol. The molecular formula is C29H30N6O3. The third kappa shape index (κ3) is 5.75. The number of nitriles is 1. The van der Waals surface area contributed by atoms with Gasteiger partial charge in [0, 0.05) is 30.6 Å². The Bertz CT molecular complexity index is 1510. The second-order valence-electron chi connectivity index (χ2n) is 9.60. The molecule has 1 saturated carbocycles. The fourth-order valence-electron chi connectivity index (χ4n) is 4.63. The van der Waals surface area contributed by atoms with Crippen LogP contribution in [0.4, 0.5) is 5.82 Å². The molecule has 0 bridgehead atoms. The highest BCUT2D eigenvalue weighted by atomic mass is 16.5. The zero-order valence-corrected chi connectivity index (χ0v) is 21.8. The Morgan fingerprint density at radius 3 is 2.66 bits per heavy atom. The van der Waals surface area contributed by atoms with Crippen molar-refractivity contribution in [3.8, 4) is 11.9 Å². The Morgan fingerprint density at radius 1 is 1.16 bits per heavy atom. The quantitative estimate of drug-likeness (QED) is 0.303. The molecule has 9 nitrogen and oxygen atoms in total.